The molecule has 0 aliphatic carbocycles. The van der Waals surface area contributed by atoms with Crippen molar-refractivity contribution in [3.05, 3.63) is 60.8 Å². The van der Waals surface area contributed by atoms with E-state index in [1.165, 1.54) is 10.9 Å². The van der Waals surface area contributed by atoms with Crippen molar-refractivity contribution in [3.63, 3.8) is 0 Å². The van der Waals surface area contributed by atoms with Crippen LogP contribution in [-0.4, -0.2) is 43.9 Å². The van der Waals surface area contributed by atoms with E-state index in [0.29, 0.717) is 17.8 Å². The highest BCUT2D eigenvalue weighted by atomic mass is 32.2. The first-order valence-corrected chi connectivity index (χ1v) is 12.7. The third-order valence-electron chi connectivity index (χ3n) is 6.03. The number of nitrogens with zero attached hydrogens (tertiary/aromatic N) is 2. The molecule has 1 aliphatic heterocycles. The molecule has 2 heterocycles. The fraction of sp³-hybridized carbons (Fsp3) is 0.417. The number of fused-ring (bicyclic) bond motifs is 1. The van der Waals surface area contributed by atoms with E-state index in [4.69, 9.17) is 0 Å². The zero-order valence-electron chi connectivity index (χ0n) is 18.3. The molecule has 1 aliphatic rings. The average Bonchev–Trinajstić information content (AvgIpc) is 3.17. The van der Waals surface area contributed by atoms with Crippen molar-refractivity contribution < 1.29 is 8.42 Å². The Morgan fingerprint density at radius 1 is 1.06 bits per heavy atom. The van der Waals surface area contributed by atoms with Gasteiger partial charge in [0, 0.05) is 49.1 Å². The highest BCUT2D eigenvalue weighted by Gasteiger charge is 2.21. The number of piperidine rings is 1. The van der Waals surface area contributed by atoms with Gasteiger partial charge in [-0.05, 0) is 62.4 Å². The molecule has 7 heteroatoms. The van der Waals surface area contributed by atoms with Gasteiger partial charge in [-0.3, -0.25) is 4.72 Å². The zero-order valence-corrected chi connectivity index (χ0v) is 19.1. The third-order valence-corrected chi connectivity index (χ3v) is 7.34. The van der Waals surface area contributed by atoms with Crippen LogP contribution >= 0.6 is 0 Å². The van der Waals surface area contributed by atoms with Gasteiger partial charge in [-0.1, -0.05) is 24.3 Å². The van der Waals surface area contributed by atoms with Crippen LogP contribution in [0.1, 0.15) is 26.7 Å². The normalized spacial score (nSPS) is 16.5. The number of hydrogen-bond donors (Lipinski definition) is 2. The van der Waals surface area contributed by atoms with E-state index >= 15 is 0 Å². The summed E-state index contributed by atoms with van der Waals surface area (Å²) in [7, 11) is -3.26. The number of para-hydroxylation sites is 1. The Labute approximate surface area is 185 Å². The molecule has 2 N–H and O–H groups in total. The van der Waals surface area contributed by atoms with Crippen LogP contribution in [-0.2, 0) is 16.6 Å². The van der Waals surface area contributed by atoms with Gasteiger partial charge in [0.15, 0.2) is 0 Å². The lowest BCUT2D eigenvalue weighted by molar-refractivity contribution is 0.357. The van der Waals surface area contributed by atoms with Crippen molar-refractivity contribution in [2.75, 3.05) is 28.5 Å². The third kappa shape index (κ3) is 5.40. The number of anilines is 2. The van der Waals surface area contributed by atoms with Crippen LogP contribution in [0.25, 0.3) is 10.9 Å². The summed E-state index contributed by atoms with van der Waals surface area (Å²) in [6, 6.07) is 19.3. The molecule has 6 nitrogen and oxygen atoms in total. The molecular weight excluding hydrogens is 408 g/mol. The molecule has 1 aromatic heterocycles. The summed E-state index contributed by atoms with van der Waals surface area (Å²) in [6.45, 7) is 6.77. The maximum absolute atomic E-state index is 11.9. The van der Waals surface area contributed by atoms with Gasteiger partial charge in [0.1, 0.15) is 0 Å². The van der Waals surface area contributed by atoms with Gasteiger partial charge in [-0.2, -0.15) is 0 Å². The summed E-state index contributed by atoms with van der Waals surface area (Å²) in [5.41, 5.74) is 2.98. The Morgan fingerprint density at radius 3 is 2.61 bits per heavy atom. The van der Waals surface area contributed by atoms with Gasteiger partial charge < -0.3 is 14.8 Å². The molecule has 3 aromatic rings. The van der Waals surface area contributed by atoms with Crippen LogP contribution < -0.4 is 14.9 Å². The molecule has 4 rings (SSSR count). The van der Waals surface area contributed by atoms with E-state index in [1.807, 2.05) is 12.1 Å². The zero-order chi connectivity index (χ0) is 21.8. The first-order chi connectivity index (χ1) is 14.9. The van der Waals surface area contributed by atoms with Crippen LogP contribution in [0, 0.1) is 0 Å². The Bertz CT molecular complexity index is 1120. The first-order valence-electron chi connectivity index (χ1n) is 11.1. The molecule has 166 valence electrons. The first kappa shape index (κ1) is 21.7. The van der Waals surface area contributed by atoms with Crippen molar-refractivity contribution in [1.82, 2.24) is 9.88 Å². The number of rotatable bonds is 8. The van der Waals surface area contributed by atoms with E-state index in [0.717, 1.165) is 38.2 Å². The fourth-order valence-corrected chi connectivity index (χ4v) is 5.00. The van der Waals surface area contributed by atoms with Gasteiger partial charge in [-0.15, -0.1) is 0 Å². The quantitative estimate of drug-likeness (QED) is 0.555. The van der Waals surface area contributed by atoms with E-state index in [9.17, 15) is 8.42 Å². The monoisotopic (exact) mass is 440 g/mol. The molecule has 0 spiro atoms. The van der Waals surface area contributed by atoms with Crippen molar-refractivity contribution in [2.24, 2.45) is 0 Å². The number of hydrogen-bond acceptors (Lipinski definition) is 4. The van der Waals surface area contributed by atoms with E-state index in [-0.39, 0.29) is 5.75 Å². The molecule has 0 unspecified atom stereocenters. The lowest BCUT2D eigenvalue weighted by Gasteiger charge is -2.35. The van der Waals surface area contributed by atoms with Crippen molar-refractivity contribution in [1.29, 1.82) is 0 Å². The molecule has 0 radical (unpaired) electrons. The second-order valence-electron chi connectivity index (χ2n) is 8.41. The average molecular weight is 441 g/mol. The molecule has 0 amide bonds. The SMILES string of the molecule is CCS(=O)(=O)Nc1cccc(N2CCC(N[C@H](C)Cn3ccc4ccccc43)CC2)c1. The number of sulfonamides is 1. The van der Waals surface area contributed by atoms with Gasteiger partial charge in [0.25, 0.3) is 0 Å². The second kappa shape index (κ2) is 9.32. The Kier molecular flexibility index (Phi) is 6.53. The maximum Gasteiger partial charge on any atom is 0.232 e. The minimum absolute atomic E-state index is 0.0747. The number of nitrogens with one attached hydrogen (secondary N) is 2. The highest BCUT2D eigenvalue weighted by Crippen LogP contribution is 2.24. The standard InChI is InChI=1S/C24H32N4O2S/c1-3-31(29,30)26-22-8-6-9-23(17-22)27-15-12-21(13-16-27)25-19(2)18-28-14-11-20-7-4-5-10-24(20)28/h4-11,14,17,19,21,25-26H,3,12-13,15-16,18H2,1-2H3/t19-/m1/s1. The predicted octanol–water partition coefficient (Wildman–Crippen LogP) is 4.05. The van der Waals surface area contributed by atoms with Gasteiger partial charge in [0.05, 0.1) is 11.4 Å². The summed E-state index contributed by atoms with van der Waals surface area (Å²) in [5.74, 6) is 0.0747. The molecule has 0 saturated carbocycles. The second-order valence-corrected chi connectivity index (χ2v) is 10.4. The maximum atomic E-state index is 11.9. The minimum atomic E-state index is -3.26. The molecule has 1 saturated heterocycles. The number of benzene rings is 2. The molecular formula is C24H32N4O2S. The summed E-state index contributed by atoms with van der Waals surface area (Å²) in [6.07, 6.45) is 4.31. The highest BCUT2D eigenvalue weighted by molar-refractivity contribution is 7.92. The Morgan fingerprint density at radius 2 is 1.84 bits per heavy atom. The van der Waals surface area contributed by atoms with Crippen molar-refractivity contribution in [3.8, 4) is 0 Å². The largest absolute Gasteiger partial charge is 0.371 e. The molecule has 1 fully saturated rings. The summed E-state index contributed by atoms with van der Waals surface area (Å²) in [5, 5.41) is 5.09. The molecule has 31 heavy (non-hydrogen) atoms. The van der Waals surface area contributed by atoms with Gasteiger partial charge in [0.2, 0.25) is 10.0 Å². The molecule has 1 atom stereocenters. The van der Waals surface area contributed by atoms with Crippen molar-refractivity contribution >= 4 is 32.3 Å². The Balaban J connectivity index is 1.30. The van der Waals surface area contributed by atoms with E-state index < -0.39 is 10.0 Å². The Hall–Kier alpha value is -2.51. The smallest absolute Gasteiger partial charge is 0.232 e. The van der Waals surface area contributed by atoms with Crippen LogP contribution in [0.5, 0.6) is 0 Å². The van der Waals surface area contributed by atoms with E-state index in [2.05, 4.69) is 69.0 Å². The van der Waals surface area contributed by atoms with Crippen LogP contribution in [0.3, 0.4) is 0 Å². The minimum Gasteiger partial charge on any atom is -0.371 e. The van der Waals surface area contributed by atoms with Gasteiger partial charge >= 0.3 is 0 Å². The van der Waals surface area contributed by atoms with Crippen LogP contribution in [0.15, 0.2) is 60.8 Å². The summed E-state index contributed by atoms with van der Waals surface area (Å²) in [4.78, 5) is 2.34. The number of aromatic nitrogens is 1. The lowest BCUT2D eigenvalue weighted by atomic mass is 10.0. The topological polar surface area (TPSA) is 66.4 Å². The summed E-state index contributed by atoms with van der Waals surface area (Å²) < 4.78 is 28.7. The molecule has 0 bridgehead atoms. The van der Waals surface area contributed by atoms with Crippen LogP contribution in [0.2, 0.25) is 0 Å². The lowest BCUT2D eigenvalue weighted by Crippen LogP contribution is -2.46. The van der Waals surface area contributed by atoms with Crippen molar-refractivity contribution in [2.45, 2.75) is 45.3 Å². The fourth-order valence-electron chi connectivity index (χ4n) is 4.37. The molecule has 2 aromatic carbocycles. The summed E-state index contributed by atoms with van der Waals surface area (Å²) >= 11 is 0. The van der Waals surface area contributed by atoms with Gasteiger partial charge in [-0.25, -0.2) is 8.42 Å². The van der Waals surface area contributed by atoms with E-state index in [1.54, 1.807) is 13.0 Å². The predicted molar refractivity (Wildman–Crippen MR) is 129 cm³/mol. The van der Waals surface area contributed by atoms with Crippen LogP contribution in [0.4, 0.5) is 11.4 Å².